The van der Waals surface area contributed by atoms with Gasteiger partial charge in [-0.2, -0.15) is 11.8 Å². The maximum atomic E-state index is 11.9. The van der Waals surface area contributed by atoms with Gasteiger partial charge in [-0.15, -0.1) is 0 Å². The molecule has 4 heteroatoms. The first-order valence-corrected chi connectivity index (χ1v) is 8.93. The van der Waals surface area contributed by atoms with E-state index in [-0.39, 0.29) is 10.7 Å². The maximum Gasteiger partial charge on any atom is 0.234 e. The summed E-state index contributed by atoms with van der Waals surface area (Å²) in [5.74, 6) is 0.161. The number of amides is 1. The number of nitrogens with one attached hydrogen (secondary N) is 2. The van der Waals surface area contributed by atoms with Crippen LogP contribution in [0, 0.1) is 0 Å². The van der Waals surface area contributed by atoms with Crippen molar-refractivity contribution in [3.05, 3.63) is 0 Å². The zero-order chi connectivity index (χ0) is 14.1. The Balaban J connectivity index is 2.22. The van der Waals surface area contributed by atoms with Gasteiger partial charge in [0.15, 0.2) is 0 Å². The highest BCUT2D eigenvalue weighted by Crippen LogP contribution is 2.29. The van der Waals surface area contributed by atoms with Crippen LogP contribution in [0.3, 0.4) is 0 Å². The third-order valence-corrected chi connectivity index (χ3v) is 6.01. The Morgan fingerprint density at radius 1 is 1.21 bits per heavy atom. The van der Waals surface area contributed by atoms with E-state index in [1.807, 2.05) is 11.8 Å². The Labute approximate surface area is 122 Å². The molecule has 19 heavy (non-hydrogen) atoms. The summed E-state index contributed by atoms with van der Waals surface area (Å²) < 4.78 is 0.283. The highest BCUT2D eigenvalue weighted by molar-refractivity contribution is 8.00. The van der Waals surface area contributed by atoms with Gasteiger partial charge >= 0.3 is 0 Å². The Bertz CT molecular complexity index is 253. The van der Waals surface area contributed by atoms with Gasteiger partial charge in [0, 0.05) is 17.3 Å². The van der Waals surface area contributed by atoms with E-state index in [2.05, 4.69) is 30.7 Å². The van der Waals surface area contributed by atoms with Gasteiger partial charge in [-0.25, -0.2) is 0 Å². The lowest BCUT2D eigenvalue weighted by Crippen LogP contribution is -2.44. The van der Waals surface area contributed by atoms with E-state index in [9.17, 15) is 4.79 Å². The van der Waals surface area contributed by atoms with E-state index in [1.54, 1.807) is 0 Å². The van der Waals surface area contributed by atoms with Crippen LogP contribution < -0.4 is 10.6 Å². The minimum Gasteiger partial charge on any atom is -0.352 e. The second kappa shape index (κ2) is 8.85. The zero-order valence-electron chi connectivity index (χ0n) is 12.8. The smallest absolute Gasteiger partial charge is 0.234 e. The third-order valence-electron chi connectivity index (χ3n) is 4.42. The Morgan fingerprint density at radius 2 is 1.84 bits per heavy atom. The van der Waals surface area contributed by atoms with Crippen LogP contribution >= 0.6 is 11.8 Å². The highest BCUT2D eigenvalue weighted by Gasteiger charge is 2.24. The Kier molecular flexibility index (Phi) is 7.84. The van der Waals surface area contributed by atoms with Crippen molar-refractivity contribution in [2.45, 2.75) is 69.6 Å². The maximum absolute atomic E-state index is 11.9. The minimum atomic E-state index is 0.161. The summed E-state index contributed by atoms with van der Waals surface area (Å²) in [6.07, 6.45) is 10.6. The monoisotopic (exact) mass is 286 g/mol. The van der Waals surface area contributed by atoms with Gasteiger partial charge in [0.1, 0.15) is 0 Å². The van der Waals surface area contributed by atoms with E-state index in [0.717, 1.165) is 32.2 Å². The highest BCUT2D eigenvalue weighted by atomic mass is 32.2. The van der Waals surface area contributed by atoms with Crippen molar-refractivity contribution < 1.29 is 4.79 Å². The molecule has 0 aromatic rings. The van der Waals surface area contributed by atoms with Gasteiger partial charge in [0.05, 0.1) is 6.54 Å². The van der Waals surface area contributed by atoms with Crippen molar-refractivity contribution in [2.24, 2.45) is 0 Å². The second-order valence-electron chi connectivity index (χ2n) is 5.60. The third kappa shape index (κ3) is 5.74. The lowest BCUT2D eigenvalue weighted by Gasteiger charge is -2.30. The standard InChI is InChI=1S/C15H30N2OS/c1-4-15(5-2,19-3)12-16-11-14(18)17-13-9-7-6-8-10-13/h13,16H,4-12H2,1-3H3,(H,17,18). The molecule has 112 valence electrons. The molecular formula is C15H30N2OS. The first kappa shape index (κ1) is 16.8. The van der Waals surface area contributed by atoms with Gasteiger partial charge in [-0.3, -0.25) is 4.79 Å². The molecule has 1 rings (SSSR count). The summed E-state index contributed by atoms with van der Waals surface area (Å²) in [5.41, 5.74) is 0. The molecule has 0 saturated heterocycles. The number of carbonyl (C=O) groups is 1. The van der Waals surface area contributed by atoms with Crippen LogP contribution in [0.4, 0.5) is 0 Å². The molecule has 0 unspecified atom stereocenters. The number of hydrogen-bond donors (Lipinski definition) is 2. The van der Waals surface area contributed by atoms with Crippen LogP contribution in [0.2, 0.25) is 0 Å². The summed E-state index contributed by atoms with van der Waals surface area (Å²) in [6.45, 7) is 5.83. The van der Waals surface area contributed by atoms with Crippen LogP contribution in [-0.4, -0.2) is 36.0 Å². The van der Waals surface area contributed by atoms with Crippen molar-refractivity contribution in [3.63, 3.8) is 0 Å². The van der Waals surface area contributed by atoms with Gasteiger partial charge in [0.25, 0.3) is 0 Å². The zero-order valence-corrected chi connectivity index (χ0v) is 13.6. The molecule has 0 aromatic heterocycles. The minimum absolute atomic E-state index is 0.161. The van der Waals surface area contributed by atoms with Gasteiger partial charge in [-0.05, 0) is 31.9 Å². The molecule has 1 aliphatic rings. The van der Waals surface area contributed by atoms with Crippen molar-refractivity contribution in [1.29, 1.82) is 0 Å². The SMILES string of the molecule is CCC(CC)(CNCC(=O)NC1CCCCC1)SC. The van der Waals surface area contributed by atoms with Crippen molar-refractivity contribution in [2.75, 3.05) is 19.3 Å². The largest absolute Gasteiger partial charge is 0.352 e. The topological polar surface area (TPSA) is 41.1 Å². The van der Waals surface area contributed by atoms with E-state index in [0.29, 0.717) is 12.6 Å². The predicted molar refractivity (Wildman–Crippen MR) is 84.7 cm³/mol. The normalized spacial score (nSPS) is 17.4. The molecule has 1 aliphatic carbocycles. The Morgan fingerprint density at radius 3 is 2.37 bits per heavy atom. The van der Waals surface area contributed by atoms with Crippen LogP contribution in [0.5, 0.6) is 0 Å². The first-order chi connectivity index (χ1) is 9.15. The summed E-state index contributed by atoms with van der Waals surface area (Å²) in [6, 6.07) is 0.422. The predicted octanol–water partition coefficient (Wildman–Crippen LogP) is 2.95. The lowest BCUT2D eigenvalue weighted by molar-refractivity contribution is -0.121. The fourth-order valence-corrected chi connectivity index (χ4v) is 3.61. The molecule has 3 nitrogen and oxygen atoms in total. The molecule has 1 amide bonds. The van der Waals surface area contributed by atoms with Crippen LogP contribution in [-0.2, 0) is 4.79 Å². The second-order valence-corrected chi connectivity index (χ2v) is 6.87. The summed E-state index contributed by atoms with van der Waals surface area (Å²) in [4.78, 5) is 11.9. The molecule has 0 aliphatic heterocycles. The van der Waals surface area contributed by atoms with E-state index < -0.39 is 0 Å². The molecule has 0 atom stereocenters. The molecule has 2 N–H and O–H groups in total. The summed E-state index contributed by atoms with van der Waals surface area (Å²) >= 11 is 1.91. The van der Waals surface area contributed by atoms with Gasteiger partial charge < -0.3 is 10.6 Å². The fraction of sp³-hybridized carbons (Fsp3) is 0.933. The van der Waals surface area contributed by atoms with Gasteiger partial charge in [0.2, 0.25) is 5.91 Å². The van der Waals surface area contributed by atoms with Gasteiger partial charge in [-0.1, -0.05) is 33.1 Å². The molecule has 1 saturated carbocycles. The lowest BCUT2D eigenvalue weighted by atomic mass is 9.95. The number of thioether (sulfide) groups is 1. The molecule has 0 radical (unpaired) electrons. The molecule has 0 aromatic carbocycles. The quantitative estimate of drug-likeness (QED) is 0.721. The number of hydrogen-bond acceptors (Lipinski definition) is 3. The van der Waals surface area contributed by atoms with Crippen molar-refractivity contribution >= 4 is 17.7 Å². The van der Waals surface area contributed by atoms with E-state index in [1.165, 1.54) is 19.3 Å². The summed E-state index contributed by atoms with van der Waals surface area (Å²) in [7, 11) is 0. The van der Waals surface area contributed by atoms with E-state index in [4.69, 9.17) is 0 Å². The molecule has 0 spiro atoms. The average molecular weight is 286 g/mol. The van der Waals surface area contributed by atoms with Crippen LogP contribution in [0.15, 0.2) is 0 Å². The molecular weight excluding hydrogens is 256 g/mol. The van der Waals surface area contributed by atoms with Crippen LogP contribution in [0.25, 0.3) is 0 Å². The molecule has 0 heterocycles. The van der Waals surface area contributed by atoms with Crippen molar-refractivity contribution in [3.8, 4) is 0 Å². The number of rotatable bonds is 8. The molecule has 1 fully saturated rings. The fourth-order valence-electron chi connectivity index (χ4n) is 2.79. The van der Waals surface area contributed by atoms with Crippen molar-refractivity contribution in [1.82, 2.24) is 10.6 Å². The average Bonchev–Trinajstić information content (AvgIpc) is 2.45. The van der Waals surface area contributed by atoms with Crippen LogP contribution in [0.1, 0.15) is 58.8 Å². The number of carbonyl (C=O) groups excluding carboxylic acids is 1. The molecule has 0 bridgehead atoms. The first-order valence-electron chi connectivity index (χ1n) is 7.71. The Hall–Kier alpha value is -0.220. The summed E-state index contributed by atoms with van der Waals surface area (Å²) in [5, 5.41) is 6.49. The van der Waals surface area contributed by atoms with E-state index >= 15 is 0 Å².